The van der Waals surface area contributed by atoms with Crippen LogP contribution in [0.25, 0.3) is 10.9 Å². The Balaban J connectivity index is 1.05. The first kappa shape index (κ1) is 81.4. The van der Waals surface area contributed by atoms with E-state index in [9.17, 15) is 101 Å². The first-order valence-corrected chi connectivity index (χ1v) is 33.6. The molecule has 0 spiro atoms. The quantitative estimate of drug-likeness (QED) is 0.0163. The monoisotopic (exact) mass is 1440 g/mol. The maximum atomic E-state index is 13.9. The molecule has 2 aromatic carbocycles. The van der Waals surface area contributed by atoms with Crippen LogP contribution in [0, 0.1) is 20.8 Å². The molecule has 0 radical (unpaired) electrons. The number of carbonyl (C=O) groups excluding carboxylic acids is 6. The summed E-state index contributed by atoms with van der Waals surface area (Å²) in [5, 5.41) is 75.7. The van der Waals surface area contributed by atoms with Crippen molar-refractivity contribution < 1.29 is 101 Å². The zero-order valence-electron chi connectivity index (χ0n) is 56.1. The lowest BCUT2D eigenvalue weighted by Crippen LogP contribution is -2.56. The number of benzene rings is 2. The van der Waals surface area contributed by atoms with Crippen molar-refractivity contribution in [3.8, 4) is 0 Å². The van der Waals surface area contributed by atoms with E-state index in [0.717, 1.165) is 11.1 Å². The summed E-state index contributed by atoms with van der Waals surface area (Å²) < 4.78 is 37.5. The van der Waals surface area contributed by atoms with Gasteiger partial charge in [-0.3, -0.25) is 77.1 Å². The van der Waals surface area contributed by atoms with Crippen molar-refractivity contribution in [3.05, 3.63) is 87.0 Å². The number of H-pyrrole nitrogens is 1. The highest BCUT2D eigenvalue weighted by atomic mass is 32.2. The van der Waals surface area contributed by atoms with Gasteiger partial charge in [0.05, 0.1) is 56.0 Å². The summed E-state index contributed by atoms with van der Waals surface area (Å²) in [6.07, 6.45) is 3.02. The maximum Gasteiger partial charge on any atom is 0.353 e. The number of pyridine rings is 1. The van der Waals surface area contributed by atoms with Gasteiger partial charge in [0.25, 0.3) is 15.9 Å². The van der Waals surface area contributed by atoms with E-state index in [2.05, 4.69) is 51.6 Å². The summed E-state index contributed by atoms with van der Waals surface area (Å²) in [7, 11) is -4.55. The van der Waals surface area contributed by atoms with E-state index < -0.39 is 144 Å². The number of fused-ring (bicyclic) bond motifs is 1. The molecule has 552 valence electrons. The van der Waals surface area contributed by atoms with E-state index >= 15 is 0 Å². The number of rotatable bonds is 40. The normalized spacial score (nSPS) is 14.4. The molecule has 14 N–H and O–H groups in total. The van der Waals surface area contributed by atoms with Gasteiger partial charge in [-0.15, -0.1) is 0 Å². The van der Waals surface area contributed by atoms with E-state index in [1.54, 1.807) is 66.9 Å². The van der Waals surface area contributed by atoms with Crippen LogP contribution < -0.4 is 42.6 Å². The van der Waals surface area contributed by atoms with Gasteiger partial charge in [-0.1, -0.05) is 23.8 Å². The molecule has 0 saturated carbocycles. The number of amides is 6. The van der Waals surface area contributed by atoms with Crippen molar-refractivity contribution in [3.63, 3.8) is 0 Å². The van der Waals surface area contributed by atoms with Crippen molar-refractivity contribution in [2.45, 2.75) is 95.8 Å². The first-order chi connectivity index (χ1) is 47.9. The standard InChI is InChI=1S/C63H87N15O22S/c1-39-27-40(2)58(41(3)28-39)101(98,99)73-47(62(96)97)33-69-59(93)44-34-78(48-29-42(7-8-43(48)57(44)92)32-70-63-67-14-15-68-63)16-4-11-64-49(79)9-10-50(80)65-12-5-25-100-26-6-13-66-60(94)45(30-52(82)83)72-61(95)46(31-53(84)85)71-51(81)35-74-17-19-75(36-54(86)87)21-23-77(38-56(90)91)24-22-76(20-18-74)37-55(88)89/h7-8,14-15,27-29,34,45-46H,4-6,9-13,16-26,30-33,35-38H2,1-3H3,(H,64,79)(H,65,80)(H,66,94)(H,69,93)(H,71,81)(H,72,95)(H,82,83)(H,84,85)(H,86,87)(H,88,89)(H,90,91)(H,96,97)(H2,67,68,70)/b73-47+/t45-,46-/m1/s1. The van der Waals surface area contributed by atoms with Crippen molar-refractivity contribution >= 4 is 104 Å². The second kappa shape index (κ2) is 40.7. The molecule has 1 saturated heterocycles. The predicted octanol–water partition coefficient (Wildman–Crippen LogP) is -2.38. The highest BCUT2D eigenvalue weighted by Crippen LogP contribution is 2.24. The van der Waals surface area contributed by atoms with Crippen LogP contribution in [-0.2, 0) is 80.6 Å². The van der Waals surface area contributed by atoms with Crippen LogP contribution in [0.2, 0.25) is 0 Å². The Kier molecular flexibility index (Phi) is 32.8. The molecule has 3 heterocycles. The van der Waals surface area contributed by atoms with Crippen molar-refractivity contribution in [2.75, 3.05) is 123 Å². The third kappa shape index (κ3) is 28.8. The maximum absolute atomic E-state index is 13.9. The first-order valence-electron chi connectivity index (χ1n) is 32.2. The fourth-order valence-corrected chi connectivity index (χ4v) is 12.2. The lowest BCUT2D eigenvalue weighted by Gasteiger charge is -2.33. The molecular formula is C63H87N15O22S. The van der Waals surface area contributed by atoms with E-state index in [4.69, 9.17) is 4.74 Å². The molecule has 0 aliphatic carbocycles. The van der Waals surface area contributed by atoms with Gasteiger partial charge < -0.3 is 82.1 Å². The van der Waals surface area contributed by atoms with Crippen LogP contribution in [0.1, 0.15) is 77.6 Å². The van der Waals surface area contributed by atoms with Crippen molar-refractivity contribution in [2.24, 2.45) is 4.40 Å². The summed E-state index contributed by atoms with van der Waals surface area (Å²) in [6.45, 7) is 3.70. The summed E-state index contributed by atoms with van der Waals surface area (Å²) in [6, 6.07) is 4.60. The van der Waals surface area contributed by atoms with E-state index in [0.29, 0.717) is 29.0 Å². The van der Waals surface area contributed by atoms with Crippen LogP contribution >= 0.6 is 0 Å². The number of carbonyl (C=O) groups is 12. The lowest BCUT2D eigenvalue weighted by molar-refractivity contribution is -0.143. The average Bonchev–Trinajstić information content (AvgIpc) is 1.12. The molecule has 1 aliphatic rings. The average molecular weight is 1440 g/mol. The Bertz CT molecular complexity index is 3770. The summed E-state index contributed by atoms with van der Waals surface area (Å²) in [5.74, 6) is -12.7. The molecule has 1 fully saturated rings. The molecule has 37 nitrogen and oxygen atoms in total. The molecule has 38 heteroatoms. The van der Waals surface area contributed by atoms with Crippen LogP contribution in [0.15, 0.2) is 63.0 Å². The zero-order valence-corrected chi connectivity index (χ0v) is 56.9. The molecule has 4 aromatic rings. The fraction of sp³-hybridized carbons (Fsp3) is 0.508. The number of hydrogen-bond acceptors (Lipinski definition) is 22. The topological polar surface area (TPSA) is 530 Å². The largest absolute Gasteiger partial charge is 0.481 e. The number of aliphatic carboxylic acids is 6. The molecule has 5 rings (SSSR count). The number of anilines is 1. The predicted molar refractivity (Wildman–Crippen MR) is 359 cm³/mol. The summed E-state index contributed by atoms with van der Waals surface area (Å²) in [4.78, 5) is 177. The Morgan fingerprint density at radius 3 is 1.61 bits per heavy atom. The minimum Gasteiger partial charge on any atom is -0.481 e. The highest BCUT2D eigenvalue weighted by molar-refractivity contribution is 7.90. The number of carboxylic acids is 6. The number of nitrogens with zero attached hydrogens (tertiary/aromatic N) is 7. The van der Waals surface area contributed by atoms with Crippen LogP contribution in [0.3, 0.4) is 0 Å². The number of ether oxygens (including phenoxy) is 1. The second-order valence-corrected chi connectivity index (χ2v) is 25.3. The fourth-order valence-electron chi connectivity index (χ4n) is 10.8. The van der Waals surface area contributed by atoms with Crippen molar-refractivity contribution in [1.82, 2.24) is 66.0 Å². The SMILES string of the molecule is Cc1cc(C)c(S(=O)(=O)/N=C(\CNC(=O)c2cn(CCCNC(=O)CCC(=O)NCCCOCCCNC(=O)[C@@H](CC(=O)O)NC(=O)[C@@H](CC(=O)O)NC(=O)CN3CCN(CC(=O)O)CCN(CC(=O)O)CCN(CC(=O)O)CC3)c3cc(CNc4ncc[nH]4)ccc3c2=O)C(=O)O)c(C)c1. The van der Waals surface area contributed by atoms with Gasteiger partial charge in [-0.25, -0.2) is 9.78 Å². The second-order valence-electron chi connectivity index (χ2n) is 23.8. The number of imidazole rings is 1. The smallest absolute Gasteiger partial charge is 0.353 e. The van der Waals surface area contributed by atoms with E-state index in [1.807, 2.05) is 0 Å². The number of hydrogen-bond donors (Lipinski definition) is 14. The molecule has 2 aromatic heterocycles. The Morgan fingerprint density at radius 1 is 0.614 bits per heavy atom. The summed E-state index contributed by atoms with van der Waals surface area (Å²) in [5.41, 5.74) is 0.620. The van der Waals surface area contributed by atoms with Crippen LogP contribution in [0.4, 0.5) is 5.95 Å². The number of nitrogens with one attached hydrogen (secondary N) is 8. The van der Waals surface area contributed by atoms with Gasteiger partial charge in [0.1, 0.15) is 17.6 Å². The van der Waals surface area contributed by atoms with Gasteiger partial charge in [0, 0.05) is 135 Å². The van der Waals surface area contributed by atoms with E-state index in [1.165, 1.54) is 27.0 Å². The van der Waals surface area contributed by atoms with Gasteiger partial charge in [0.15, 0.2) is 11.7 Å². The highest BCUT2D eigenvalue weighted by Gasteiger charge is 2.32. The third-order valence-corrected chi connectivity index (χ3v) is 17.2. The van der Waals surface area contributed by atoms with Gasteiger partial charge >= 0.3 is 35.8 Å². The molecule has 6 amide bonds. The third-order valence-electron chi connectivity index (χ3n) is 15.6. The van der Waals surface area contributed by atoms with Gasteiger partial charge in [-0.2, -0.15) is 12.8 Å². The number of sulfonamides is 1. The number of aromatic nitrogens is 3. The van der Waals surface area contributed by atoms with Crippen LogP contribution in [0.5, 0.6) is 0 Å². The van der Waals surface area contributed by atoms with Crippen LogP contribution in [-0.4, -0.2) is 280 Å². The molecule has 0 unspecified atom stereocenters. The number of aryl methyl sites for hydroxylation is 4. The molecule has 101 heavy (non-hydrogen) atoms. The van der Waals surface area contributed by atoms with Gasteiger partial charge in [-0.05, 0) is 68.9 Å². The molecule has 0 bridgehead atoms. The van der Waals surface area contributed by atoms with E-state index in [-0.39, 0.29) is 146 Å². The lowest BCUT2D eigenvalue weighted by atomic mass is 10.1. The minimum atomic E-state index is -4.55. The number of aromatic amines is 1. The number of carboxylic acid groups (broad SMARTS) is 6. The van der Waals surface area contributed by atoms with Crippen molar-refractivity contribution in [1.29, 1.82) is 0 Å². The van der Waals surface area contributed by atoms with Gasteiger partial charge in [0.2, 0.25) is 35.0 Å². The molecule has 2 atom stereocenters. The zero-order chi connectivity index (χ0) is 74.3. The Morgan fingerprint density at radius 2 is 1.12 bits per heavy atom. The molecule has 1 aliphatic heterocycles. The Labute approximate surface area is 579 Å². The Hall–Kier alpha value is -10.3. The minimum absolute atomic E-state index is 0.0199. The summed E-state index contributed by atoms with van der Waals surface area (Å²) >= 11 is 0. The molecular weight excluding hydrogens is 1350 g/mol.